The maximum Gasteiger partial charge on any atom is 0.255 e. The van der Waals surface area contributed by atoms with Crippen LogP contribution in [0.25, 0.3) is 11.3 Å². The Morgan fingerprint density at radius 1 is 1.19 bits per heavy atom. The van der Waals surface area contributed by atoms with Crippen LogP contribution in [0.3, 0.4) is 0 Å². The minimum Gasteiger partial charge on any atom is -0.322 e. The number of amides is 1. The maximum atomic E-state index is 12.8. The van der Waals surface area contributed by atoms with Crippen molar-refractivity contribution in [3.8, 4) is 11.3 Å². The van der Waals surface area contributed by atoms with E-state index >= 15 is 0 Å². The van der Waals surface area contributed by atoms with Gasteiger partial charge in [-0.25, -0.2) is 14.6 Å². The van der Waals surface area contributed by atoms with Gasteiger partial charge in [0, 0.05) is 22.2 Å². The highest BCUT2D eigenvalue weighted by Crippen LogP contribution is 2.23. The zero-order valence-corrected chi connectivity index (χ0v) is 15.5. The van der Waals surface area contributed by atoms with Gasteiger partial charge in [-0.05, 0) is 30.7 Å². The second-order valence-electron chi connectivity index (χ2n) is 6.04. The number of thiazole rings is 1. The van der Waals surface area contributed by atoms with Gasteiger partial charge in [-0.3, -0.25) is 4.79 Å². The summed E-state index contributed by atoms with van der Waals surface area (Å²) in [5.41, 5.74) is 4.13. The number of aromatic nitrogens is 4. The zero-order chi connectivity index (χ0) is 18.6. The van der Waals surface area contributed by atoms with Gasteiger partial charge in [-0.2, -0.15) is 5.10 Å². The standard InChI is InChI=1S/C20H17N5OS/c1-14-23-19(11-27-14)15-6-4-7-16(9-15)20(26)24-18-8-3-2-5-17(18)10-25-13-21-12-22-25/h2-9,11-13H,10H2,1H3,(H,24,26). The molecule has 4 rings (SSSR count). The minimum atomic E-state index is -0.158. The minimum absolute atomic E-state index is 0.158. The third-order valence-electron chi connectivity index (χ3n) is 4.10. The van der Waals surface area contributed by atoms with Crippen molar-refractivity contribution in [2.45, 2.75) is 13.5 Å². The van der Waals surface area contributed by atoms with Gasteiger partial charge in [0.15, 0.2) is 0 Å². The molecule has 134 valence electrons. The molecule has 7 heteroatoms. The summed E-state index contributed by atoms with van der Waals surface area (Å²) < 4.78 is 1.72. The number of benzene rings is 2. The van der Waals surface area contributed by atoms with Crippen LogP contribution in [0.4, 0.5) is 5.69 Å². The number of nitrogens with one attached hydrogen (secondary N) is 1. The summed E-state index contributed by atoms with van der Waals surface area (Å²) in [6, 6.07) is 15.2. The Balaban J connectivity index is 1.56. The maximum absolute atomic E-state index is 12.8. The Kier molecular flexibility index (Phi) is 4.76. The van der Waals surface area contributed by atoms with Crippen LogP contribution in [0.5, 0.6) is 0 Å². The molecule has 0 saturated carbocycles. The topological polar surface area (TPSA) is 72.7 Å². The third-order valence-corrected chi connectivity index (χ3v) is 4.88. The van der Waals surface area contributed by atoms with E-state index in [1.54, 1.807) is 28.4 Å². The lowest BCUT2D eigenvalue weighted by atomic mass is 10.1. The Hall–Kier alpha value is -3.32. The largest absolute Gasteiger partial charge is 0.322 e. The number of nitrogens with zero attached hydrogens (tertiary/aromatic N) is 4. The average molecular weight is 375 g/mol. The number of aryl methyl sites for hydroxylation is 1. The van der Waals surface area contributed by atoms with Crippen LogP contribution in [-0.2, 0) is 6.54 Å². The van der Waals surface area contributed by atoms with E-state index in [2.05, 4.69) is 20.4 Å². The van der Waals surface area contributed by atoms with E-state index in [0.29, 0.717) is 12.1 Å². The van der Waals surface area contributed by atoms with Crippen molar-refractivity contribution in [2.24, 2.45) is 0 Å². The van der Waals surface area contributed by atoms with E-state index < -0.39 is 0 Å². The Morgan fingerprint density at radius 2 is 2.07 bits per heavy atom. The first-order valence-electron chi connectivity index (χ1n) is 8.43. The van der Waals surface area contributed by atoms with E-state index in [9.17, 15) is 4.79 Å². The normalized spacial score (nSPS) is 10.7. The molecule has 0 fully saturated rings. The van der Waals surface area contributed by atoms with Crippen LogP contribution in [0.15, 0.2) is 66.6 Å². The molecule has 1 amide bonds. The lowest BCUT2D eigenvalue weighted by molar-refractivity contribution is 0.102. The van der Waals surface area contributed by atoms with Crippen molar-refractivity contribution in [2.75, 3.05) is 5.32 Å². The summed E-state index contributed by atoms with van der Waals surface area (Å²) in [6.07, 6.45) is 3.14. The molecular formula is C20H17N5OS. The van der Waals surface area contributed by atoms with E-state index in [1.807, 2.05) is 54.8 Å². The molecule has 4 aromatic rings. The first kappa shape index (κ1) is 17.1. The van der Waals surface area contributed by atoms with Crippen LogP contribution in [0.1, 0.15) is 20.9 Å². The van der Waals surface area contributed by atoms with Gasteiger partial charge in [0.25, 0.3) is 5.91 Å². The summed E-state index contributed by atoms with van der Waals surface area (Å²) in [6.45, 7) is 2.51. The molecule has 2 aromatic carbocycles. The quantitative estimate of drug-likeness (QED) is 0.572. The van der Waals surface area contributed by atoms with Crippen molar-refractivity contribution in [1.82, 2.24) is 19.7 Å². The molecule has 0 unspecified atom stereocenters. The molecule has 0 aliphatic rings. The second kappa shape index (κ2) is 7.51. The summed E-state index contributed by atoms with van der Waals surface area (Å²) in [5, 5.41) is 10.1. The highest BCUT2D eigenvalue weighted by Gasteiger charge is 2.11. The Labute approximate surface area is 160 Å². The summed E-state index contributed by atoms with van der Waals surface area (Å²) in [4.78, 5) is 21.2. The molecule has 0 bridgehead atoms. The van der Waals surface area contributed by atoms with Crippen molar-refractivity contribution >= 4 is 22.9 Å². The molecule has 27 heavy (non-hydrogen) atoms. The number of para-hydroxylation sites is 1. The Morgan fingerprint density at radius 3 is 2.85 bits per heavy atom. The molecule has 2 heterocycles. The van der Waals surface area contributed by atoms with Crippen molar-refractivity contribution in [3.63, 3.8) is 0 Å². The van der Waals surface area contributed by atoms with Gasteiger partial charge in [0.2, 0.25) is 0 Å². The smallest absolute Gasteiger partial charge is 0.255 e. The number of hydrogen-bond donors (Lipinski definition) is 1. The van der Waals surface area contributed by atoms with Crippen LogP contribution in [0.2, 0.25) is 0 Å². The number of hydrogen-bond acceptors (Lipinski definition) is 5. The predicted molar refractivity (Wildman–Crippen MR) is 106 cm³/mol. The Bertz CT molecular complexity index is 1070. The third kappa shape index (κ3) is 3.93. The van der Waals surface area contributed by atoms with Gasteiger partial charge in [0.1, 0.15) is 12.7 Å². The molecule has 0 radical (unpaired) electrons. The van der Waals surface area contributed by atoms with Crippen molar-refractivity contribution in [3.05, 3.63) is 82.7 Å². The van der Waals surface area contributed by atoms with Crippen molar-refractivity contribution in [1.29, 1.82) is 0 Å². The average Bonchev–Trinajstić information content (AvgIpc) is 3.35. The highest BCUT2D eigenvalue weighted by atomic mass is 32.1. The number of carbonyl (C=O) groups is 1. The fourth-order valence-electron chi connectivity index (χ4n) is 2.78. The number of rotatable bonds is 5. The van der Waals surface area contributed by atoms with Crippen LogP contribution < -0.4 is 5.32 Å². The molecule has 1 N–H and O–H groups in total. The highest BCUT2D eigenvalue weighted by molar-refractivity contribution is 7.09. The first-order valence-corrected chi connectivity index (χ1v) is 9.31. The molecule has 0 aliphatic heterocycles. The lowest BCUT2D eigenvalue weighted by Gasteiger charge is -2.11. The van der Waals surface area contributed by atoms with E-state index in [0.717, 1.165) is 27.5 Å². The van der Waals surface area contributed by atoms with Gasteiger partial charge in [-0.1, -0.05) is 30.3 Å². The van der Waals surface area contributed by atoms with E-state index in [-0.39, 0.29) is 5.91 Å². The van der Waals surface area contributed by atoms with Crippen LogP contribution in [-0.4, -0.2) is 25.7 Å². The first-order chi connectivity index (χ1) is 13.2. The molecular weight excluding hydrogens is 358 g/mol. The summed E-state index contributed by atoms with van der Waals surface area (Å²) >= 11 is 1.59. The molecule has 0 spiro atoms. The van der Waals surface area contributed by atoms with Gasteiger partial charge < -0.3 is 5.32 Å². The molecule has 0 saturated heterocycles. The van der Waals surface area contributed by atoms with Gasteiger partial charge >= 0.3 is 0 Å². The second-order valence-corrected chi connectivity index (χ2v) is 7.10. The molecule has 0 atom stereocenters. The summed E-state index contributed by atoms with van der Waals surface area (Å²) in [7, 11) is 0. The molecule has 2 aromatic heterocycles. The molecule has 0 aliphatic carbocycles. The lowest BCUT2D eigenvalue weighted by Crippen LogP contribution is -2.14. The van der Waals surface area contributed by atoms with E-state index in [4.69, 9.17) is 0 Å². The monoisotopic (exact) mass is 375 g/mol. The van der Waals surface area contributed by atoms with Crippen molar-refractivity contribution < 1.29 is 4.79 Å². The van der Waals surface area contributed by atoms with Gasteiger partial charge in [-0.15, -0.1) is 11.3 Å². The number of anilines is 1. The van der Waals surface area contributed by atoms with Gasteiger partial charge in [0.05, 0.1) is 17.2 Å². The fourth-order valence-corrected chi connectivity index (χ4v) is 3.40. The fraction of sp³-hybridized carbons (Fsp3) is 0.100. The van der Waals surface area contributed by atoms with Crippen LogP contribution in [0, 0.1) is 6.92 Å². The summed E-state index contributed by atoms with van der Waals surface area (Å²) in [5.74, 6) is -0.158. The predicted octanol–water partition coefficient (Wildman–Crippen LogP) is 4.01. The van der Waals surface area contributed by atoms with E-state index in [1.165, 1.54) is 6.33 Å². The van der Waals surface area contributed by atoms with Crippen LogP contribution >= 0.6 is 11.3 Å². The molecule has 6 nitrogen and oxygen atoms in total. The zero-order valence-electron chi connectivity index (χ0n) is 14.7. The number of carbonyl (C=O) groups excluding carboxylic acids is 1. The SMILES string of the molecule is Cc1nc(-c2cccc(C(=O)Nc3ccccc3Cn3cncn3)c2)cs1.